The Morgan fingerprint density at radius 3 is 2.21 bits per heavy atom. The summed E-state index contributed by atoms with van der Waals surface area (Å²) in [6.07, 6.45) is -0.718. The Balaban J connectivity index is 2.33. The lowest BCUT2D eigenvalue weighted by Gasteiger charge is -2.33. The van der Waals surface area contributed by atoms with Crippen LogP contribution in [0.15, 0.2) is 48.5 Å². The minimum absolute atomic E-state index is 0.0474. The van der Waals surface area contributed by atoms with E-state index in [9.17, 15) is 19.5 Å². The number of anilines is 1. The van der Waals surface area contributed by atoms with E-state index in [2.05, 4.69) is 10.6 Å². The lowest BCUT2D eigenvalue weighted by molar-refractivity contribution is -0.140. The molecule has 2 aromatic carbocycles. The standard InChI is InChI=1S/C25H33N3O5/c1-7-28(23(31)17(3)26-24(32)33-25(4,5)6)21(18-12-14-19(29)15-13-18)22(30)27-20-11-9-8-10-16(20)2/h8-15,17,21,29H,7H2,1-6H3,(H,26,32)(H,27,30). The second-order valence-electron chi connectivity index (χ2n) is 8.79. The van der Waals surface area contributed by atoms with Crippen molar-refractivity contribution in [3.8, 4) is 5.75 Å². The number of benzene rings is 2. The first-order chi connectivity index (χ1) is 15.4. The molecular formula is C25H33N3O5. The second-order valence-corrected chi connectivity index (χ2v) is 8.79. The highest BCUT2D eigenvalue weighted by Crippen LogP contribution is 2.26. The Morgan fingerprint density at radius 1 is 1.06 bits per heavy atom. The van der Waals surface area contributed by atoms with E-state index in [-0.39, 0.29) is 12.3 Å². The molecule has 8 nitrogen and oxygen atoms in total. The van der Waals surface area contributed by atoms with Crippen molar-refractivity contribution < 1.29 is 24.2 Å². The number of aryl methyl sites for hydroxylation is 1. The van der Waals surface area contributed by atoms with E-state index in [1.54, 1.807) is 52.8 Å². The van der Waals surface area contributed by atoms with Crippen LogP contribution in [0.3, 0.4) is 0 Å². The van der Waals surface area contributed by atoms with Gasteiger partial charge in [-0.1, -0.05) is 30.3 Å². The topological polar surface area (TPSA) is 108 Å². The molecule has 0 radical (unpaired) electrons. The number of hydrogen-bond acceptors (Lipinski definition) is 5. The third kappa shape index (κ3) is 7.24. The maximum absolute atomic E-state index is 13.4. The van der Waals surface area contributed by atoms with Crippen LogP contribution in [0.1, 0.15) is 51.8 Å². The van der Waals surface area contributed by atoms with Crippen LogP contribution in [0.2, 0.25) is 0 Å². The number of nitrogens with zero attached hydrogens (tertiary/aromatic N) is 1. The van der Waals surface area contributed by atoms with E-state index < -0.39 is 35.6 Å². The van der Waals surface area contributed by atoms with Crippen molar-refractivity contribution >= 4 is 23.6 Å². The highest BCUT2D eigenvalue weighted by molar-refractivity contribution is 5.99. The van der Waals surface area contributed by atoms with Gasteiger partial charge in [-0.25, -0.2) is 4.79 Å². The number of nitrogens with one attached hydrogen (secondary N) is 2. The molecule has 0 aliphatic carbocycles. The molecule has 178 valence electrons. The maximum Gasteiger partial charge on any atom is 0.408 e. The van der Waals surface area contributed by atoms with Crippen molar-refractivity contribution in [3.05, 3.63) is 59.7 Å². The molecule has 0 aromatic heterocycles. The number of amides is 3. The molecule has 0 fully saturated rings. The van der Waals surface area contributed by atoms with Gasteiger partial charge in [0.1, 0.15) is 23.4 Å². The number of phenols is 1. The predicted octanol–water partition coefficient (Wildman–Crippen LogP) is 4.14. The summed E-state index contributed by atoms with van der Waals surface area (Å²) in [7, 11) is 0. The lowest BCUT2D eigenvalue weighted by atomic mass is 10.0. The van der Waals surface area contributed by atoms with Gasteiger partial charge < -0.3 is 25.4 Å². The van der Waals surface area contributed by atoms with Crippen LogP contribution in [0.4, 0.5) is 10.5 Å². The Kier molecular flexibility index (Phi) is 8.45. The number of carbonyl (C=O) groups excluding carboxylic acids is 3. The monoisotopic (exact) mass is 455 g/mol. The molecule has 0 saturated heterocycles. The molecule has 2 unspecified atom stereocenters. The Hall–Kier alpha value is -3.55. The molecule has 2 aromatic rings. The molecule has 0 aliphatic rings. The van der Waals surface area contributed by atoms with E-state index >= 15 is 0 Å². The number of phenolic OH excluding ortho intramolecular Hbond substituents is 1. The van der Waals surface area contributed by atoms with Gasteiger partial charge in [-0.15, -0.1) is 0 Å². The number of alkyl carbamates (subject to hydrolysis) is 1. The lowest BCUT2D eigenvalue weighted by Crippen LogP contribution is -2.51. The first-order valence-corrected chi connectivity index (χ1v) is 10.9. The number of carbonyl (C=O) groups is 3. The summed E-state index contributed by atoms with van der Waals surface area (Å²) in [4.78, 5) is 40.3. The van der Waals surface area contributed by atoms with Crippen LogP contribution in [-0.2, 0) is 14.3 Å². The van der Waals surface area contributed by atoms with Crippen LogP contribution >= 0.6 is 0 Å². The normalized spacial score (nSPS) is 12.9. The molecule has 2 rings (SSSR count). The maximum atomic E-state index is 13.4. The number of rotatable bonds is 7. The third-order valence-corrected chi connectivity index (χ3v) is 4.90. The van der Waals surface area contributed by atoms with Gasteiger partial charge >= 0.3 is 6.09 Å². The van der Waals surface area contributed by atoms with Crippen molar-refractivity contribution in [1.82, 2.24) is 10.2 Å². The first-order valence-electron chi connectivity index (χ1n) is 10.9. The average Bonchev–Trinajstić information content (AvgIpc) is 2.72. The van der Waals surface area contributed by atoms with Crippen LogP contribution in [-0.4, -0.2) is 46.1 Å². The largest absolute Gasteiger partial charge is 0.508 e. The summed E-state index contributed by atoms with van der Waals surface area (Å²) >= 11 is 0. The van der Waals surface area contributed by atoms with Crippen LogP contribution in [0.25, 0.3) is 0 Å². The van der Waals surface area contributed by atoms with Crippen molar-refractivity contribution in [2.24, 2.45) is 0 Å². The van der Waals surface area contributed by atoms with E-state index in [4.69, 9.17) is 4.74 Å². The van der Waals surface area contributed by atoms with E-state index in [0.29, 0.717) is 11.3 Å². The van der Waals surface area contributed by atoms with Gasteiger partial charge in [0.15, 0.2) is 0 Å². The average molecular weight is 456 g/mol. The van der Waals surface area contributed by atoms with Gasteiger partial charge in [0, 0.05) is 12.2 Å². The van der Waals surface area contributed by atoms with E-state index in [1.165, 1.54) is 17.0 Å². The van der Waals surface area contributed by atoms with Gasteiger partial charge in [0.2, 0.25) is 5.91 Å². The molecule has 3 amide bonds. The summed E-state index contributed by atoms with van der Waals surface area (Å²) in [6, 6.07) is 11.6. The molecular weight excluding hydrogens is 422 g/mol. The predicted molar refractivity (Wildman–Crippen MR) is 127 cm³/mol. The fourth-order valence-electron chi connectivity index (χ4n) is 3.30. The molecule has 0 aliphatic heterocycles. The van der Waals surface area contributed by atoms with Crippen LogP contribution in [0, 0.1) is 6.92 Å². The molecule has 0 saturated carbocycles. The zero-order valence-electron chi connectivity index (χ0n) is 20.0. The smallest absolute Gasteiger partial charge is 0.408 e. The Labute approximate surface area is 194 Å². The summed E-state index contributed by atoms with van der Waals surface area (Å²) in [5, 5.41) is 15.1. The molecule has 33 heavy (non-hydrogen) atoms. The summed E-state index contributed by atoms with van der Waals surface area (Å²) in [6.45, 7) is 10.6. The Bertz CT molecular complexity index is 982. The van der Waals surface area contributed by atoms with Crippen molar-refractivity contribution in [1.29, 1.82) is 0 Å². The van der Waals surface area contributed by atoms with Crippen molar-refractivity contribution in [2.45, 2.75) is 59.2 Å². The van der Waals surface area contributed by atoms with Crippen LogP contribution < -0.4 is 10.6 Å². The molecule has 0 heterocycles. The van der Waals surface area contributed by atoms with E-state index in [1.807, 2.05) is 25.1 Å². The third-order valence-electron chi connectivity index (χ3n) is 4.90. The molecule has 0 bridgehead atoms. The van der Waals surface area contributed by atoms with Crippen molar-refractivity contribution in [2.75, 3.05) is 11.9 Å². The number of ether oxygens (including phenoxy) is 1. The number of hydrogen-bond donors (Lipinski definition) is 3. The highest BCUT2D eigenvalue weighted by Gasteiger charge is 2.34. The molecule has 2 atom stereocenters. The zero-order valence-corrected chi connectivity index (χ0v) is 20.0. The fourth-order valence-corrected chi connectivity index (χ4v) is 3.30. The minimum Gasteiger partial charge on any atom is -0.508 e. The van der Waals surface area contributed by atoms with Gasteiger partial charge in [-0.05, 0) is 70.9 Å². The molecule has 8 heteroatoms. The molecule has 3 N–H and O–H groups in total. The fraction of sp³-hybridized carbons (Fsp3) is 0.400. The summed E-state index contributed by atoms with van der Waals surface area (Å²) in [5.41, 5.74) is 1.33. The Morgan fingerprint density at radius 2 is 1.67 bits per heavy atom. The summed E-state index contributed by atoms with van der Waals surface area (Å²) < 4.78 is 5.24. The minimum atomic E-state index is -0.981. The number of para-hydroxylation sites is 1. The second kappa shape index (κ2) is 10.8. The molecule has 0 spiro atoms. The number of likely N-dealkylation sites (N-methyl/N-ethyl adjacent to an activating group) is 1. The quantitative estimate of drug-likeness (QED) is 0.581. The summed E-state index contributed by atoms with van der Waals surface area (Å²) in [5.74, 6) is -0.804. The van der Waals surface area contributed by atoms with Gasteiger partial charge in [-0.2, -0.15) is 0 Å². The first kappa shape index (κ1) is 25.7. The van der Waals surface area contributed by atoms with Crippen LogP contribution in [0.5, 0.6) is 5.75 Å². The van der Waals surface area contributed by atoms with Gasteiger partial charge in [0.25, 0.3) is 5.91 Å². The van der Waals surface area contributed by atoms with Gasteiger partial charge in [0.05, 0.1) is 0 Å². The zero-order chi connectivity index (χ0) is 24.8. The highest BCUT2D eigenvalue weighted by atomic mass is 16.6. The SMILES string of the molecule is CCN(C(=O)C(C)NC(=O)OC(C)(C)C)C(C(=O)Nc1ccccc1C)c1ccc(O)cc1. The van der Waals surface area contributed by atoms with Crippen molar-refractivity contribution in [3.63, 3.8) is 0 Å². The van der Waals surface area contributed by atoms with E-state index in [0.717, 1.165) is 5.56 Å². The van der Waals surface area contributed by atoms with Gasteiger partial charge in [-0.3, -0.25) is 9.59 Å². The number of aromatic hydroxyl groups is 1.